The third-order valence-corrected chi connectivity index (χ3v) is 5.50. The van der Waals surface area contributed by atoms with Crippen LogP contribution in [0.1, 0.15) is 16.1 Å². The van der Waals surface area contributed by atoms with Gasteiger partial charge in [-0.25, -0.2) is 17.9 Å². The molecule has 2 N–H and O–H groups in total. The van der Waals surface area contributed by atoms with E-state index in [0.29, 0.717) is 12.5 Å². The fraction of sp³-hybridized carbons (Fsp3) is 0.545. The van der Waals surface area contributed by atoms with Crippen LogP contribution >= 0.6 is 11.3 Å². The smallest absolute Gasteiger partial charge is 0.349 e. The third kappa shape index (κ3) is 3.33. The standard InChI is InChI=1S/C11H16N2O4S2/c1-17-11(14)10-9(3-5-18-10)19(15,16)13-7-8-2-4-12-6-8/h3,5,8,12-13H,2,4,6-7H2,1H3. The topological polar surface area (TPSA) is 84.5 Å². The first-order chi connectivity index (χ1) is 9.04. The van der Waals surface area contributed by atoms with Gasteiger partial charge in [0.1, 0.15) is 9.77 Å². The van der Waals surface area contributed by atoms with Gasteiger partial charge in [0.2, 0.25) is 10.0 Å². The number of hydrogen-bond donors (Lipinski definition) is 2. The van der Waals surface area contributed by atoms with Crippen LogP contribution < -0.4 is 10.0 Å². The Morgan fingerprint density at radius 2 is 2.42 bits per heavy atom. The summed E-state index contributed by atoms with van der Waals surface area (Å²) in [5, 5.41) is 4.74. The molecule has 6 nitrogen and oxygen atoms in total. The van der Waals surface area contributed by atoms with Crippen LogP contribution in [0.3, 0.4) is 0 Å². The number of carbonyl (C=O) groups excluding carboxylic acids is 1. The van der Waals surface area contributed by atoms with Crippen molar-refractivity contribution in [2.75, 3.05) is 26.7 Å². The molecule has 1 atom stereocenters. The lowest BCUT2D eigenvalue weighted by Crippen LogP contribution is -2.30. The minimum absolute atomic E-state index is 0.00435. The highest BCUT2D eigenvalue weighted by molar-refractivity contribution is 7.89. The average Bonchev–Trinajstić information content (AvgIpc) is 3.06. The van der Waals surface area contributed by atoms with Gasteiger partial charge in [-0.05, 0) is 36.9 Å². The molecule has 19 heavy (non-hydrogen) atoms. The van der Waals surface area contributed by atoms with E-state index in [1.54, 1.807) is 5.38 Å². The molecule has 0 aromatic carbocycles. The molecule has 0 aliphatic carbocycles. The van der Waals surface area contributed by atoms with Crippen LogP contribution in [0.5, 0.6) is 0 Å². The summed E-state index contributed by atoms with van der Waals surface area (Å²) in [6.45, 7) is 2.11. The van der Waals surface area contributed by atoms with Gasteiger partial charge in [-0.3, -0.25) is 0 Å². The number of rotatable bonds is 5. The predicted octanol–water partition coefficient (Wildman–Crippen LogP) is 0.422. The van der Waals surface area contributed by atoms with Crippen LogP contribution in [0.4, 0.5) is 0 Å². The van der Waals surface area contributed by atoms with Gasteiger partial charge < -0.3 is 10.1 Å². The van der Waals surface area contributed by atoms with Crippen molar-refractivity contribution in [1.29, 1.82) is 0 Å². The average molecular weight is 304 g/mol. The molecule has 1 aromatic rings. The van der Waals surface area contributed by atoms with Gasteiger partial charge in [0.15, 0.2) is 0 Å². The zero-order valence-electron chi connectivity index (χ0n) is 10.5. The number of thiophene rings is 1. The van der Waals surface area contributed by atoms with Crippen LogP contribution in [-0.2, 0) is 14.8 Å². The van der Waals surface area contributed by atoms with E-state index in [2.05, 4.69) is 14.8 Å². The summed E-state index contributed by atoms with van der Waals surface area (Å²) in [5.41, 5.74) is 0. The molecule has 106 valence electrons. The van der Waals surface area contributed by atoms with E-state index >= 15 is 0 Å². The number of methoxy groups -OCH3 is 1. The quantitative estimate of drug-likeness (QED) is 0.770. The summed E-state index contributed by atoms with van der Waals surface area (Å²) in [7, 11) is -2.43. The van der Waals surface area contributed by atoms with Crippen molar-refractivity contribution in [2.45, 2.75) is 11.3 Å². The minimum Gasteiger partial charge on any atom is -0.465 e. The van der Waals surface area contributed by atoms with Crippen LogP contribution in [-0.4, -0.2) is 41.1 Å². The van der Waals surface area contributed by atoms with Crippen LogP contribution in [0.15, 0.2) is 16.3 Å². The molecule has 0 spiro atoms. The van der Waals surface area contributed by atoms with Gasteiger partial charge in [0.05, 0.1) is 7.11 Å². The van der Waals surface area contributed by atoms with Gasteiger partial charge in [-0.2, -0.15) is 0 Å². The van der Waals surface area contributed by atoms with E-state index in [1.165, 1.54) is 13.2 Å². The number of sulfonamides is 1. The molecule has 1 fully saturated rings. The van der Waals surface area contributed by atoms with Crippen molar-refractivity contribution in [3.63, 3.8) is 0 Å². The molecule has 0 radical (unpaired) electrons. The Labute approximate surface area is 116 Å². The van der Waals surface area contributed by atoms with Gasteiger partial charge in [-0.1, -0.05) is 0 Å². The SMILES string of the molecule is COC(=O)c1sccc1S(=O)(=O)NCC1CCNC1. The molecular weight excluding hydrogens is 288 g/mol. The predicted molar refractivity (Wildman–Crippen MR) is 71.8 cm³/mol. The van der Waals surface area contributed by atoms with Crippen molar-refractivity contribution in [2.24, 2.45) is 5.92 Å². The second-order valence-corrected chi connectivity index (χ2v) is 6.97. The van der Waals surface area contributed by atoms with E-state index < -0.39 is 16.0 Å². The number of esters is 1. The van der Waals surface area contributed by atoms with Crippen molar-refractivity contribution >= 4 is 27.3 Å². The summed E-state index contributed by atoms with van der Waals surface area (Å²) < 4.78 is 31.4. The molecule has 1 aliphatic heterocycles. The number of nitrogens with one attached hydrogen (secondary N) is 2. The maximum Gasteiger partial charge on any atom is 0.349 e. The maximum absolute atomic E-state index is 12.2. The fourth-order valence-corrected chi connectivity index (χ4v) is 4.39. The summed E-state index contributed by atoms with van der Waals surface area (Å²) in [5.74, 6) is -0.326. The second kappa shape index (κ2) is 6.00. The summed E-state index contributed by atoms with van der Waals surface area (Å²) in [6, 6.07) is 1.42. The lowest BCUT2D eigenvalue weighted by Gasteiger charge is -2.10. The monoisotopic (exact) mass is 304 g/mol. The lowest BCUT2D eigenvalue weighted by atomic mass is 10.1. The summed E-state index contributed by atoms with van der Waals surface area (Å²) in [4.78, 5) is 11.6. The summed E-state index contributed by atoms with van der Waals surface area (Å²) in [6.07, 6.45) is 0.954. The molecule has 0 bridgehead atoms. The first-order valence-electron chi connectivity index (χ1n) is 5.91. The fourth-order valence-electron chi connectivity index (χ4n) is 1.94. The highest BCUT2D eigenvalue weighted by atomic mass is 32.2. The van der Waals surface area contributed by atoms with Crippen molar-refractivity contribution < 1.29 is 17.9 Å². The maximum atomic E-state index is 12.2. The molecule has 2 rings (SSSR count). The second-order valence-electron chi connectivity index (χ2n) is 4.32. The van der Waals surface area contributed by atoms with Crippen LogP contribution in [0.2, 0.25) is 0 Å². The van der Waals surface area contributed by atoms with E-state index in [1.807, 2.05) is 0 Å². The number of carbonyl (C=O) groups is 1. The Morgan fingerprint density at radius 1 is 1.63 bits per heavy atom. The van der Waals surface area contributed by atoms with E-state index in [9.17, 15) is 13.2 Å². The largest absolute Gasteiger partial charge is 0.465 e. The normalized spacial score (nSPS) is 19.5. The van der Waals surface area contributed by atoms with Crippen LogP contribution in [0, 0.1) is 5.92 Å². The van der Waals surface area contributed by atoms with Gasteiger partial charge in [-0.15, -0.1) is 11.3 Å². The first-order valence-corrected chi connectivity index (χ1v) is 8.27. The van der Waals surface area contributed by atoms with Gasteiger partial charge >= 0.3 is 5.97 Å². The first kappa shape index (κ1) is 14.4. The lowest BCUT2D eigenvalue weighted by molar-refractivity contribution is 0.0602. The van der Waals surface area contributed by atoms with E-state index in [4.69, 9.17) is 0 Å². The number of hydrogen-bond acceptors (Lipinski definition) is 6. The minimum atomic E-state index is -3.66. The molecule has 1 aliphatic rings. The Hall–Kier alpha value is -0.960. The van der Waals surface area contributed by atoms with Gasteiger partial charge in [0, 0.05) is 6.54 Å². The number of ether oxygens (including phenoxy) is 1. The van der Waals surface area contributed by atoms with Crippen molar-refractivity contribution in [1.82, 2.24) is 10.0 Å². The molecule has 0 saturated carbocycles. The zero-order chi connectivity index (χ0) is 13.9. The molecule has 1 aromatic heterocycles. The van der Waals surface area contributed by atoms with Crippen LogP contribution in [0.25, 0.3) is 0 Å². The van der Waals surface area contributed by atoms with Crippen molar-refractivity contribution in [3.8, 4) is 0 Å². The third-order valence-electron chi connectivity index (χ3n) is 3.01. The molecule has 0 amide bonds. The highest BCUT2D eigenvalue weighted by Gasteiger charge is 2.25. The summed E-state index contributed by atoms with van der Waals surface area (Å²) >= 11 is 1.06. The molecule has 1 unspecified atom stereocenters. The van der Waals surface area contributed by atoms with E-state index in [-0.39, 0.29) is 9.77 Å². The Kier molecular flexibility index (Phi) is 4.56. The highest BCUT2D eigenvalue weighted by Crippen LogP contribution is 2.22. The Morgan fingerprint density at radius 3 is 3.05 bits per heavy atom. The zero-order valence-corrected chi connectivity index (χ0v) is 12.1. The Bertz CT molecular complexity index is 547. The Balaban J connectivity index is 2.10. The molecule has 8 heteroatoms. The van der Waals surface area contributed by atoms with Crippen molar-refractivity contribution in [3.05, 3.63) is 16.3 Å². The van der Waals surface area contributed by atoms with E-state index in [0.717, 1.165) is 30.8 Å². The van der Waals surface area contributed by atoms with Gasteiger partial charge in [0.25, 0.3) is 0 Å². The molecule has 2 heterocycles. The molecular formula is C11H16N2O4S2. The molecule has 1 saturated heterocycles.